The molecule has 3 N–H and O–H groups in total. The molecule has 86 valence electrons. The zero-order chi connectivity index (χ0) is 12.3. The first-order valence-corrected chi connectivity index (χ1v) is 4.83. The zero-order valence-electron chi connectivity index (χ0n) is 8.83. The number of esters is 1. The molecule has 0 bridgehead atoms. The number of benzene rings is 1. The number of carbonyl (C=O) groups is 2. The van der Waals surface area contributed by atoms with E-state index in [-0.39, 0.29) is 22.4 Å². The van der Waals surface area contributed by atoms with Crippen LogP contribution < -0.4 is 15.8 Å². The van der Waals surface area contributed by atoms with Crippen LogP contribution in [0.4, 0.5) is 11.4 Å². The summed E-state index contributed by atoms with van der Waals surface area (Å²) in [7, 11) is 0. The van der Waals surface area contributed by atoms with Gasteiger partial charge in [-0.05, 0) is 6.07 Å². The topological polar surface area (TPSA) is 81.4 Å². The summed E-state index contributed by atoms with van der Waals surface area (Å²) >= 11 is 5.79. The average Bonchev–Trinajstić information content (AvgIpc) is 2.11. The van der Waals surface area contributed by atoms with E-state index in [1.807, 2.05) is 0 Å². The second kappa shape index (κ2) is 4.85. The lowest BCUT2D eigenvalue weighted by atomic mass is 10.2. The third-order valence-corrected chi connectivity index (χ3v) is 1.99. The molecule has 0 atom stereocenters. The zero-order valence-corrected chi connectivity index (χ0v) is 9.59. The van der Waals surface area contributed by atoms with Crippen LogP contribution in [0.1, 0.15) is 13.8 Å². The van der Waals surface area contributed by atoms with Crippen molar-refractivity contribution in [1.29, 1.82) is 0 Å². The molecule has 1 aromatic rings. The molecular formula is C10H11ClN2O3. The van der Waals surface area contributed by atoms with Gasteiger partial charge in [0.2, 0.25) is 5.91 Å². The maximum absolute atomic E-state index is 10.9. The maximum atomic E-state index is 10.9. The normalized spacial score (nSPS) is 9.69. The van der Waals surface area contributed by atoms with Gasteiger partial charge in [-0.15, -0.1) is 0 Å². The molecule has 1 aromatic carbocycles. The summed E-state index contributed by atoms with van der Waals surface area (Å²) in [6, 6.07) is 2.81. The van der Waals surface area contributed by atoms with Gasteiger partial charge in [-0.2, -0.15) is 0 Å². The van der Waals surface area contributed by atoms with Crippen molar-refractivity contribution in [2.75, 3.05) is 11.1 Å². The third kappa shape index (κ3) is 3.13. The van der Waals surface area contributed by atoms with Crippen molar-refractivity contribution in [3.8, 4) is 5.75 Å². The van der Waals surface area contributed by atoms with Crippen LogP contribution in [0.15, 0.2) is 12.1 Å². The number of nitrogens with two attached hydrogens (primary N) is 1. The second-order valence-corrected chi connectivity index (χ2v) is 3.55. The van der Waals surface area contributed by atoms with Crippen molar-refractivity contribution in [2.24, 2.45) is 0 Å². The summed E-state index contributed by atoms with van der Waals surface area (Å²) in [5.74, 6) is -0.632. The van der Waals surface area contributed by atoms with Crippen LogP contribution in [-0.4, -0.2) is 11.9 Å². The first-order valence-electron chi connectivity index (χ1n) is 4.45. The van der Waals surface area contributed by atoms with Gasteiger partial charge < -0.3 is 15.8 Å². The van der Waals surface area contributed by atoms with E-state index in [1.54, 1.807) is 0 Å². The van der Waals surface area contributed by atoms with Gasteiger partial charge in [-0.1, -0.05) is 11.6 Å². The summed E-state index contributed by atoms with van der Waals surface area (Å²) in [5, 5.41) is 2.77. The molecule has 0 aliphatic carbocycles. The Hall–Kier alpha value is -1.75. The first kappa shape index (κ1) is 12.3. The molecule has 5 nitrogen and oxygen atoms in total. The largest absolute Gasteiger partial charge is 0.424 e. The number of nitrogens with one attached hydrogen (secondary N) is 1. The fraction of sp³-hybridized carbons (Fsp3) is 0.200. The van der Waals surface area contributed by atoms with Crippen molar-refractivity contribution >= 4 is 34.9 Å². The highest BCUT2D eigenvalue weighted by Gasteiger charge is 2.11. The van der Waals surface area contributed by atoms with Gasteiger partial charge in [0.1, 0.15) is 0 Å². The monoisotopic (exact) mass is 242 g/mol. The molecule has 0 aliphatic heterocycles. The van der Waals surface area contributed by atoms with Crippen molar-refractivity contribution in [1.82, 2.24) is 0 Å². The predicted octanol–water partition coefficient (Wildman–Crippen LogP) is 1.81. The Morgan fingerprint density at radius 3 is 2.50 bits per heavy atom. The van der Waals surface area contributed by atoms with Gasteiger partial charge in [0, 0.05) is 19.9 Å². The number of carbonyl (C=O) groups excluding carboxylic acids is 2. The van der Waals surface area contributed by atoms with E-state index in [9.17, 15) is 9.59 Å². The lowest BCUT2D eigenvalue weighted by molar-refractivity contribution is -0.131. The SMILES string of the molecule is CC(=O)Nc1cc(Cl)c(N)cc1OC(C)=O. The van der Waals surface area contributed by atoms with Gasteiger partial charge in [-0.25, -0.2) is 0 Å². The van der Waals surface area contributed by atoms with Crippen LogP contribution in [0.2, 0.25) is 5.02 Å². The second-order valence-electron chi connectivity index (χ2n) is 3.14. The highest BCUT2D eigenvalue weighted by atomic mass is 35.5. The number of nitrogen functional groups attached to an aromatic ring is 1. The number of anilines is 2. The molecule has 0 radical (unpaired) electrons. The quantitative estimate of drug-likeness (QED) is 0.471. The van der Waals surface area contributed by atoms with E-state index < -0.39 is 5.97 Å². The van der Waals surface area contributed by atoms with Gasteiger partial charge >= 0.3 is 5.97 Å². The van der Waals surface area contributed by atoms with E-state index in [0.29, 0.717) is 5.69 Å². The Morgan fingerprint density at radius 2 is 2.00 bits per heavy atom. The highest BCUT2D eigenvalue weighted by Crippen LogP contribution is 2.33. The Kier molecular flexibility index (Phi) is 3.73. The summed E-state index contributed by atoms with van der Waals surface area (Å²) in [5.41, 5.74) is 6.14. The Morgan fingerprint density at radius 1 is 1.38 bits per heavy atom. The molecular weight excluding hydrogens is 232 g/mol. The molecule has 0 unspecified atom stereocenters. The van der Waals surface area contributed by atoms with Gasteiger partial charge in [-0.3, -0.25) is 9.59 Å². The minimum absolute atomic E-state index is 0.171. The van der Waals surface area contributed by atoms with Gasteiger partial charge in [0.15, 0.2) is 5.75 Å². The maximum Gasteiger partial charge on any atom is 0.308 e. The first-order chi connectivity index (χ1) is 7.40. The fourth-order valence-corrected chi connectivity index (χ4v) is 1.26. The molecule has 0 saturated heterocycles. The van der Waals surface area contributed by atoms with Crippen LogP contribution in [-0.2, 0) is 9.59 Å². The van der Waals surface area contributed by atoms with Crippen LogP contribution in [0.25, 0.3) is 0 Å². The number of amides is 1. The number of ether oxygens (including phenoxy) is 1. The summed E-state index contributed by atoms with van der Waals surface area (Å²) in [4.78, 5) is 21.8. The molecule has 6 heteroatoms. The van der Waals surface area contributed by atoms with Gasteiger partial charge in [0.05, 0.1) is 16.4 Å². The lowest BCUT2D eigenvalue weighted by Gasteiger charge is -2.11. The van der Waals surface area contributed by atoms with Crippen molar-refractivity contribution in [2.45, 2.75) is 13.8 Å². The van der Waals surface area contributed by atoms with E-state index in [0.717, 1.165) is 0 Å². The average molecular weight is 243 g/mol. The molecule has 16 heavy (non-hydrogen) atoms. The van der Waals surface area contributed by atoms with Crippen molar-refractivity contribution in [3.05, 3.63) is 17.2 Å². The molecule has 0 aromatic heterocycles. The minimum Gasteiger partial charge on any atom is -0.424 e. The Balaban J connectivity index is 3.15. The van der Waals surface area contributed by atoms with E-state index in [4.69, 9.17) is 22.1 Å². The van der Waals surface area contributed by atoms with Crippen LogP contribution in [0.3, 0.4) is 0 Å². The molecule has 0 saturated carbocycles. The molecule has 1 rings (SSSR count). The number of halogens is 1. The standard InChI is InChI=1S/C10H11ClN2O3/c1-5(14)13-9-3-7(11)8(12)4-10(9)16-6(2)15/h3-4H,12H2,1-2H3,(H,13,14). The number of hydrogen-bond acceptors (Lipinski definition) is 4. The predicted molar refractivity (Wildman–Crippen MR) is 61.5 cm³/mol. The van der Waals surface area contributed by atoms with Gasteiger partial charge in [0.25, 0.3) is 0 Å². The Bertz CT molecular complexity index is 405. The molecule has 1 amide bonds. The summed E-state index contributed by atoms with van der Waals surface area (Å²) in [6.45, 7) is 2.59. The fourth-order valence-electron chi connectivity index (χ4n) is 1.10. The number of rotatable bonds is 2. The molecule has 0 fully saturated rings. The molecule has 0 aliphatic rings. The van der Waals surface area contributed by atoms with Crippen LogP contribution >= 0.6 is 11.6 Å². The van der Waals surface area contributed by atoms with E-state index >= 15 is 0 Å². The Labute approximate surface area is 97.5 Å². The lowest BCUT2D eigenvalue weighted by Crippen LogP contribution is -2.10. The third-order valence-electron chi connectivity index (χ3n) is 1.66. The van der Waals surface area contributed by atoms with E-state index in [2.05, 4.69) is 5.32 Å². The van der Waals surface area contributed by atoms with E-state index in [1.165, 1.54) is 26.0 Å². The molecule has 0 spiro atoms. The minimum atomic E-state index is -0.506. The van der Waals surface area contributed by atoms with Crippen LogP contribution in [0.5, 0.6) is 5.75 Å². The summed E-state index contributed by atoms with van der Waals surface area (Å²) < 4.78 is 4.89. The van der Waals surface area contributed by atoms with Crippen molar-refractivity contribution in [3.63, 3.8) is 0 Å². The molecule has 0 heterocycles. The summed E-state index contributed by atoms with van der Waals surface area (Å²) in [6.07, 6.45) is 0. The number of hydrogen-bond donors (Lipinski definition) is 2. The highest BCUT2D eigenvalue weighted by molar-refractivity contribution is 6.33. The smallest absolute Gasteiger partial charge is 0.308 e. The van der Waals surface area contributed by atoms with Crippen LogP contribution in [0, 0.1) is 0 Å². The van der Waals surface area contributed by atoms with Crippen molar-refractivity contribution < 1.29 is 14.3 Å².